The van der Waals surface area contributed by atoms with Crippen molar-refractivity contribution in [2.75, 3.05) is 12.4 Å². The van der Waals surface area contributed by atoms with Gasteiger partial charge in [-0.1, -0.05) is 27.7 Å². The minimum absolute atomic E-state index is 0.00274. The standard InChI is InChI=1S/C23H32N2O8/c1-13(2)10-16(12-19(26)27)20(28)25(18(21(29)30)11-14(3)4)23(32)24-17-8-6-15(7-9-17)22(31)33-5/h6-9,13-14,16,18H,10-12H2,1-5H3,(H,24,32)(H,26,27)(H,29,30)/t16?,18-/m0/s1. The van der Waals surface area contributed by atoms with Gasteiger partial charge in [0.1, 0.15) is 6.04 Å². The first-order chi connectivity index (χ1) is 15.4. The van der Waals surface area contributed by atoms with Crippen molar-refractivity contribution in [2.24, 2.45) is 17.8 Å². The molecule has 3 N–H and O–H groups in total. The van der Waals surface area contributed by atoms with Gasteiger partial charge in [0.05, 0.1) is 19.1 Å². The van der Waals surface area contributed by atoms with Gasteiger partial charge in [0.25, 0.3) is 0 Å². The van der Waals surface area contributed by atoms with Crippen LogP contribution < -0.4 is 5.32 Å². The fourth-order valence-electron chi connectivity index (χ4n) is 3.40. The summed E-state index contributed by atoms with van der Waals surface area (Å²) in [6, 6.07) is 3.17. The summed E-state index contributed by atoms with van der Waals surface area (Å²) in [5.41, 5.74) is 0.461. The fourth-order valence-corrected chi connectivity index (χ4v) is 3.40. The van der Waals surface area contributed by atoms with E-state index >= 15 is 0 Å². The molecule has 1 aromatic rings. The van der Waals surface area contributed by atoms with E-state index in [0.717, 1.165) is 0 Å². The van der Waals surface area contributed by atoms with E-state index in [1.165, 1.54) is 31.4 Å². The highest BCUT2D eigenvalue weighted by Crippen LogP contribution is 2.24. The number of urea groups is 1. The van der Waals surface area contributed by atoms with Gasteiger partial charge in [-0.25, -0.2) is 19.3 Å². The number of anilines is 1. The largest absolute Gasteiger partial charge is 0.481 e. The van der Waals surface area contributed by atoms with E-state index < -0.39 is 48.2 Å². The van der Waals surface area contributed by atoms with Crippen molar-refractivity contribution in [1.82, 2.24) is 4.90 Å². The van der Waals surface area contributed by atoms with Crippen LogP contribution in [0.1, 0.15) is 57.3 Å². The first-order valence-corrected chi connectivity index (χ1v) is 10.6. The van der Waals surface area contributed by atoms with Crippen LogP contribution in [0.5, 0.6) is 0 Å². The lowest BCUT2D eigenvalue weighted by Crippen LogP contribution is -2.53. The molecular weight excluding hydrogens is 432 g/mol. The number of hydrogen-bond acceptors (Lipinski definition) is 6. The molecule has 0 radical (unpaired) electrons. The van der Waals surface area contributed by atoms with Crippen molar-refractivity contribution in [3.63, 3.8) is 0 Å². The molecule has 0 heterocycles. The predicted octanol–water partition coefficient (Wildman–Crippen LogP) is 3.47. The summed E-state index contributed by atoms with van der Waals surface area (Å²) in [5.74, 6) is -5.29. The number of aliphatic carboxylic acids is 2. The third-order valence-electron chi connectivity index (χ3n) is 4.83. The molecular formula is C23H32N2O8. The van der Waals surface area contributed by atoms with E-state index in [1.54, 1.807) is 27.7 Å². The molecule has 0 aliphatic carbocycles. The molecule has 0 aromatic heterocycles. The molecule has 182 valence electrons. The monoisotopic (exact) mass is 464 g/mol. The number of hydrogen-bond donors (Lipinski definition) is 3. The number of imide groups is 1. The Morgan fingerprint density at radius 3 is 1.91 bits per heavy atom. The van der Waals surface area contributed by atoms with Gasteiger partial charge in [-0.2, -0.15) is 0 Å². The van der Waals surface area contributed by atoms with E-state index in [0.29, 0.717) is 4.90 Å². The van der Waals surface area contributed by atoms with Gasteiger partial charge in [-0.3, -0.25) is 9.59 Å². The highest BCUT2D eigenvalue weighted by atomic mass is 16.5. The highest BCUT2D eigenvalue weighted by molar-refractivity contribution is 6.05. The molecule has 0 spiro atoms. The molecule has 1 rings (SSSR count). The minimum atomic E-state index is -1.48. The third-order valence-corrected chi connectivity index (χ3v) is 4.83. The zero-order valence-corrected chi connectivity index (χ0v) is 19.5. The second kappa shape index (κ2) is 12.6. The number of benzene rings is 1. The van der Waals surface area contributed by atoms with E-state index in [9.17, 15) is 34.2 Å². The maximum Gasteiger partial charge on any atom is 0.337 e. The average molecular weight is 465 g/mol. The zero-order chi connectivity index (χ0) is 25.3. The van der Waals surface area contributed by atoms with Crippen molar-refractivity contribution in [2.45, 2.75) is 53.0 Å². The quantitative estimate of drug-likeness (QED) is 0.421. The first-order valence-electron chi connectivity index (χ1n) is 10.6. The molecule has 0 aliphatic rings. The van der Waals surface area contributed by atoms with Gasteiger partial charge in [0, 0.05) is 11.6 Å². The van der Waals surface area contributed by atoms with Crippen molar-refractivity contribution in [1.29, 1.82) is 0 Å². The summed E-state index contributed by atoms with van der Waals surface area (Å²) >= 11 is 0. The highest BCUT2D eigenvalue weighted by Gasteiger charge is 2.39. The number of carboxylic acid groups (broad SMARTS) is 2. The maximum absolute atomic E-state index is 13.3. The van der Waals surface area contributed by atoms with Gasteiger partial charge in [0.15, 0.2) is 0 Å². The molecule has 10 nitrogen and oxygen atoms in total. The van der Waals surface area contributed by atoms with Crippen LogP contribution in [0.25, 0.3) is 0 Å². The lowest BCUT2D eigenvalue weighted by molar-refractivity contribution is -0.151. The molecule has 2 atom stereocenters. The lowest BCUT2D eigenvalue weighted by atomic mass is 9.91. The Morgan fingerprint density at radius 1 is 0.939 bits per heavy atom. The summed E-state index contributed by atoms with van der Waals surface area (Å²) < 4.78 is 4.62. The summed E-state index contributed by atoms with van der Waals surface area (Å²) in [6.45, 7) is 7.12. The second-order valence-corrected chi connectivity index (χ2v) is 8.62. The Labute approximate surface area is 192 Å². The zero-order valence-electron chi connectivity index (χ0n) is 19.5. The van der Waals surface area contributed by atoms with Crippen molar-refractivity contribution < 1.29 is 38.9 Å². The number of ether oxygens (including phenoxy) is 1. The summed E-state index contributed by atoms with van der Waals surface area (Å²) in [7, 11) is 1.23. The number of carbonyl (C=O) groups is 5. The molecule has 0 aliphatic heterocycles. The molecule has 3 amide bonds. The fraction of sp³-hybridized carbons (Fsp3) is 0.522. The smallest absolute Gasteiger partial charge is 0.337 e. The van der Waals surface area contributed by atoms with Gasteiger partial charge in [-0.05, 0) is 48.9 Å². The van der Waals surface area contributed by atoms with Crippen molar-refractivity contribution in [3.8, 4) is 0 Å². The SMILES string of the molecule is COC(=O)c1ccc(NC(=O)N(C(=O)C(CC(=O)O)CC(C)C)[C@@H](CC(C)C)C(=O)O)cc1. The molecule has 10 heteroatoms. The molecule has 0 saturated carbocycles. The van der Waals surface area contributed by atoms with Crippen LogP contribution in [0.2, 0.25) is 0 Å². The van der Waals surface area contributed by atoms with E-state index in [1.807, 2.05) is 0 Å². The van der Waals surface area contributed by atoms with Crippen molar-refractivity contribution in [3.05, 3.63) is 29.8 Å². The molecule has 0 saturated heterocycles. The summed E-state index contributed by atoms with van der Waals surface area (Å²) in [6.07, 6.45) is -0.351. The van der Waals surface area contributed by atoms with Gasteiger partial charge in [0.2, 0.25) is 5.91 Å². The lowest BCUT2D eigenvalue weighted by Gasteiger charge is -2.31. The van der Waals surface area contributed by atoms with E-state index in [2.05, 4.69) is 10.1 Å². The Balaban J connectivity index is 3.33. The maximum atomic E-state index is 13.3. The number of nitrogens with one attached hydrogen (secondary N) is 1. The van der Waals surface area contributed by atoms with Crippen LogP contribution in [-0.4, -0.2) is 58.1 Å². The van der Waals surface area contributed by atoms with Crippen LogP contribution in [-0.2, 0) is 19.1 Å². The van der Waals surface area contributed by atoms with Gasteiger partial charge >= 0.3 is 23.9 Å². The van der Waals surface area contributed by atoms with Crippen LogP contribution in [0.3, 0.4) is 0 Å². The van der Waals surface area contributed by atoms with Crippen molar-refractivity contribution >= 4 is 35.5 Å². The molecule has 0 fully saturated rings. The van der Waals surface area contributed by atoms with Crippen LogP contribution in [0.15, 0.2) is 24.3 Å². The Bertz CT molecular complexity index is 864. The predicted molar refractivity (Wildman–Crippen MR) is 120 cm³/mol. The van der Waals surface area contributed by atoms with Crippen LogP contribution in [0, 0.1) is 17.8 Å². The number of carboxylic acids is 2. The summed E-state index contributed by atoms with van der Waals surface area (Å²) in [5, 5.41) is 21.5. The van der Waals surface area contributed by atoms with E-state index in [4.69, 9.17) is 0 Å². The Hall–Kier alpha value is -3.43. The number of rotatable bonds is 11. The normalized spacial score (nSPS) is 12.7. The number of methoxy groups -OCH3 is 1. The summed E-state index contributed by atoms with van der Waals surface area (Å²) in [4.78, 5) is 62.0. The molecule has 33 heavy (non-hydrogen) atoms. The molecule has 1 aromatic carbocycles. The Kier molecular flexibility index (Phi) is 10.5. The minimum Gasteiger partial charge on any atom is -0.481 e. The number of nitrogens with zero attached hydrogens (tertiary/aromatic N) is 1. The number of carbonyl (C=O) groups excluding carboxylic acids is 3. The topological polar surface area (TPSA) is 150 Å². The van der Waals surface area contributed by atoms with Gasteiger partial charge in [-0.15, -0.1) is 0 Å². The van der Waals surface area contributed by atoms with Crippen LogP contribution >= 0.6 is 0 Å². The second-order valence-electron chi connectivity index (χ2n) is 8.62. The average Bonchev–Trinajstić information content (AvgIpc) is 2.71. The molecule has 1 unspecified atom stereocenters. The Morgan fingerprint density at radius 2 is 1.48 bits per heavy atom. The number of amides is 3. The van der Waals surface area contributed by atoms with Crippen LogP contribution in [0.4, 0.5) is 10.5 Å². The molecule has 0 bridgehead atoms. The number of esters is 1. The first kappa shape index (κ1) is 27.6. The van der Waals surface area contributed by atoms with E-state index in [-0.39, 0.29) is 35.9 Å². The van der Waals surface area contributed by atoms with Gasteiger partial charge < -0.3 is 20.3 Å². The third kappa shape index (κ3) is 8.55.